The number of carbonyl (C=O) groups excluding carboxylic acids is 4. The van der Waals surface area contributed by atoms with Crippen LogP contribution in [0.25, 0.3) is 0 Å². The number of carbonyl (C=O) groups is 4. The Balaban J connectivity index is 1.35. The minimum atomic E-state index is -0.828. The first-order valence-electron chi connectivity index (χ1n) is 10.9. The molecule has 4 aliphatic rings. The van der Waals surface area contributed by atoms with Crippen molar-refractivity contribution in [3.8, 4) is 0 Å². The fourth-order valence-corrected chi connectivity index (χ4v) is 5.14. The molecule has 9 heteroatoms. The summed E-state index contributed by atoms with van der Waals surface area (Å²) in [5, 5.41) is 5.92. The second-order valence-electron chi connectivity index (χ2n) is 8.93. The Kier molecular flexibility index (Phi) is 4.91. The van der Waals surface area contributed by atoms with Gasteiger partial charge in [-0.1, -0.05) is 12.5 Å². The first kappa shape index (κ1) is 20.0. The van der Waals surface area contributed by atoms with Gasteiger partial charge in [-0.25, -0.2) is 4.39 Å². The lowest BCUT2D eigenvalue weighted by Crippen LogP contribution is -2.52. The van der Waals surface area contributed by atoms with Gasteiger partial charge in [-0.05, 0) is 43.9 Å². The third kappa shape index (κ3) is 3.45. The molecule has 8 nitrogen and oxygen atoms in total. The van der Waals surface area contributed by atoms with Gasteiger partial charge in [0.05, 0.1) is 6.04 Å². The van der Waals surface area contributed by atoms with Gasteiger partial charge in [0.25, 0.3) is 5.91 Å². The number of benzene rings is 1. The minimum Gasteiger partial charge on any atom is -0.351 e. The Morgan fingerprint density at radius 2 is 1.97 bits per heavy atom. The largest absolute Gasteiger partial charge is 0.351 e. The second-order valence-corrected chi connectivity index (χ2v) is 8.93. The maximum atomic E-state index is 13.6. The normalized spacial score (nSPS) is 30.2. The van der Waals surface area contributed by atoms with Crippen LogP contribution >= 0.6 is 0 Å². The molecule has 4 atom stereocenters. The van der Waals surface area contributed by atoms with E-state index in [1.807, 2.05) is 0 Å². The molecule has 3 heterocycles. The zero-order chi connectivity index (χ0) is 21.7. The Morgan fingerprint density at radius 1 is 1.16 bits per heavy atom. The van der Waals surface area contributed by atoms with Crippen molar-refractivity contribution in [3.63, 3.8) is 0 Å². The molecule has 164 valence electrons. The van der Waals surface area contributed by atoms with E-state index in [0.29, 0.717) is 19.4 Å². The van der Waals surface area contributed by atoms with E-state index in [-0.39, 0.29) is 41.8 Å². The van der Waals surface area contributed by atoms with Gasteiger partial charge in [-0.3, -0.25) is 19.2 Å². The predicted octanol–water partition coefficient (Wildman–Crippen LogP) is 0.424. The highest BCUT2D eigenvalue weighted by Crippen LogP contribution is 2.31. The maximum Gasteiger partial charge on any atom is 0.254 e. The number of nitrogens with zero attached hydrogens (tertiary/aromatic N) is 2. The van der Waals surface area contributed by atoms with E-state index in [9.17, 15) is 23.6 Å². The molecule has 2 N–H and O–H groups in total. The van der Waals surface area contributed by atoms with Crippen LogP contribution in [0.1, 0.15) is 42.5 Å². The summed E-state index contributed by atoms with van der Waals surface area (Å²) in [5.74, 6) is -1.47. The van der Waals surface area contributed by atoms with E-state index in [1.54, 1.807) is 0 Å². The van der Waals surface area contributed by atoms with Gasteiger partial charge in [-0.15, -0.1) is 0 Å². The topological polar surface area (TPSA) is 98.8 Å². The lowest BCUT2D eigenvalue weighted by molar-refractivity contribution is -0.138. The van der Waals surface area contributed by atoms with Crippen LogP contribution in [-0.4, -0.2) is 70.7 Å². The highest BCUT2D eigenvalue weighted by molar-refractivity contribution is 6.00. The van der Waals surface area contributed by atoms with Crippen molar-refractivity contribution < 1.29 is 23.6 Å². The Hall–Kier alpha value is -2.97. The van der Waals surface area contributed by atoms with Crippen LogP contribution in [0, 0.1) is 11.7 Å². The fraction of sp³-hybridized carbons (Fsp3) is 0.545. The highest BCUT2D eigenvalue weighted by atomic mass is 19.1. The molecule has 0 bridgehead atoms. The number of amides is 4. The summed E-state index contributed by atoms with van der Waals surface area (Å²) >= 11 is 0. The molecular formula is C22H25FN4O4. The van der Waals surface area contributed by atoms with Crippen LogP contribution in [0.15, 0.2) is 24.3 Å². The summed E-state index contributed by atoms with van der Waals surface area (Å²) < 4.78 is 13.6. The summed E-state index contributed by atoms with van der Waals surface area (Å²) in [6.07, 6.45) is 3.65. The van der Waals surface area contributed by atoms with Gasteiger partial charge >= 0.3 is 0 Å². The zero-order valence-electron chi connectivity index (χ0n) is 17.1. The van der Waals surface area contributed by atoms with Crippen LogP contribution in [0.3, 0.4) is 0 Å². The van der Waals surface area contributed by atoms with Gasteiger partial charge in [0.1, 0.15) is 17.9 Å². The molecule has 1 saturated carbocycles. The molecular weight excluding hydrogens is 403 g/mol. The smallest absolute Gasteiger partial charge is 0.254 e. The average molecular weight is 428 g/mol. The van der Waals surface area contributed by atoms with E-state index in [0.717, 1.165) is 25.3 Å². The highest BCUT2D eigenvalue weighted by Gasteiger charge is 2.52. The third-order valence-electron chi connectivity index (χ3n) is 7.02. The van der Waals surface area contributed by atoms with E-state index in [1.165, 1.54) is 28.0 Å². The molecule has 31 heavy (non-hydrogen) atoms. The molecule has 1 aromatic rings. The average Bonchev–Trinajstić information content (AvgIpc) is 3.28. The van der Waals surface area contributed by atoms with Crippen LogP contribution in [0.5, 0.6) is 0 Å². The van der Waals surface area contributed by atoms with Crippen molar-refractivity contribution in [2.24, 2.45) is 5.92 Å². The van der Waals surface area contributed by atoms with Gasteiger partial charge in [0, 0.05) is 30.6 Å². The van der Waals surface area contributed by atoms with Crippen LogP contribution in [0.4, 0.5) is 4.39 Å². The Bertz CT molecular complexity index is 949. The molecule has 3 aliphatic heterocycles. The van der Waals surface area contributed by atoms with E-state index in [4.69, 9.17) is 0 Å². The molecule has 4 amide bonds. The lowest BCUT2D eigenvalue weighted by atomic mass is 9.84. The molecule has 0 spiro atoms. The lowest BCUT2D eigenvalue weighted by Gasteiger charge is -2.29. The molecule has 0 radical (unpaired) electrons. The number of halogens is 1. The van der Waals surface area contributed by atoms with Crippen LogP contribution in [-0.2, 0) is 14.4 Å². The van der Waals surface area contributed by atoms with Crippen molar-refractivity contribution in [3.05, 3.63) is 35.6 Å². The van der Waals surface area contributed by atoms with Crippen LogP contribution < -0.4 is 10.6 Å². The van der Waals surface area contributed by atoms with Crippen molar-refractivity contribution in [2.75, 3.05) is 13.1 Å². The molecule has 1 aromatic carbocycles. The number of hydrogen-bond donors (Lipinski definition) is 2. The van der Waals surface area contributed by atoms with Crippen molar-refractivity contribution in [1.29, 1.82) is 0 Å². The predicted molar refractivity (Wildman–Crippen MR) is 107 cm³/mol. The molecule has 4 fully saturated rings. The van der Waals surface area contributed by atoms with Crippen LogP contribution in [0.2, 0.25) is 0 Å². The molecule has 3 saturated heterocycles. The number of hydrogen-bond acceptors (Lipinski definition) is 4. The monoisotopic (exact) mass is 428 g/mol. The van der Waals surface area contributed by atoms with Crippen molar-refractivity contribution in [1.82, 2.24) is 20.4 Å². The standard InChI is InChI=1S/C22H25FN4O4/c23-14-6-2-5-13(9-14)21(30)26-8-7-16-18(26)22(31)27-11-15(10-17(27)20(29)25-16)24-19(28)12-3-1-4-12/h2,5-6,9,12,15-18H,1,3-4,7-8,10-11H2,(H,24,28)(H,25,29). The summed E-state index contributed by atoms with van der Waals surface area (Å²) in [7, 11) is 0. The number of nitrogens with one attached hydrogen (secondary N) is 2. The number of likely N-dealkylation sites (tertiary alicyclic amines) is 1. The Labute approximate surface area is 179 Å². The summed E-state index contributed by atoms with van der Waals surface area (Å²) in [5.41, 5.74) is 0.174. The first-order chi connectivity index (χ1) is 14.9. The van der Waals surface area contributed by atoms with Gasteiger partial charge in [0.2, 0.25) is 17.7 Å². The summed E-state index contributed by atoms with van der Waals surface area (Å²) in [6, 6.07) is 3.15. The van der Waals surface area contributed by atoms with Gasteiger partial charge < -0.3 is 20.4 Å². The molecule has 0 aromatic heterocycles. The molecule has 1 aliphatic carbocycles. The van der Waals surface area contributed by atoms with Crippen molar-refractivity contribution in [2.45, 2.75) is 56.3 Å². The second kappa shape index (κ2) is 7.62. The Morgan fingerprint density at radius 3 is 2.68 bits per heavy atom. The summed E-state index contributed by atoms with van der Waals surface area (Å²) in [4.78, 5) is 54.6. The van der Waals surface area contributed by atoms with E-state index >= 15 is 0 Å². The van der Waals surface area contributed by atoms with Crippen molar-refractivity contribution >= 4 is 23.6 Å². The third-order valence-corrected chi connectivity index (χ3v) is 7.02. The minimum absolute atomic E-state index is 0.0107. The maximum absolute atomic E-state index is 13.6. The number of fused-ring (bicyclic) bond motifs is 2. The van der Waals surface area contributed by atoms with Gasteiger partial charge in [-0.2, -0.15) is 0 Å². The van der Waals surface area contributed by atoms with E-state index in [2.05, 4.69) is 10.6 Å². The zero-order valence-corrected chi connectivity index (χ0v) is 17.1. The fourth-order valence-electron chi connectivity index (χ4n) is 5.14. The van der Waals surface area contributed by atoms with E-state index < -0.39 is 29.8 Å². The molecule has 5 rings (SSSR count). The SMILES string of the molecule is O=C(NC1CC2C(=O)NC3CCN(C(=O)c4cccc(F)c4)C3C(=O)N2C1)C1CCC1. The summed E-state index contributed by atoms with van der Waals surface area (Å²) in [6.45, 7) is 0.553. The first-order valence-corrected chi connectivity index (χ1v) is 10.9. The quantitative estimate of drug-likeness (QED) is 0.729. The number of rotatable bonds is 3. The van der Waals surface area contributed by atoms with Gasteiger partial charge in [0.15, 0.2) is 0 Å². The molecule has 4 unspecified atom stereocenters.